The van der Waals surface area contributed by atoms with Crippen LogP contribution in [-0.4, -0.2) is 10.2 Å². The van der Waals surface area contributed by atoms with Gasteiger partial charge in [0.05, 0.1) is 0 Å². The molecule has 0 atom stereocenters. The second kappa shape index (κ2) is 3.83. The Bertz CT molecular complexity index is 437. The summed E-state index contributed by atoms with van der Waals surface area (Å²) in [5.74, 6) is -0.154. The van der Waals surface area contributed by atoms with Gasteiger partial charge in [-0.3, -0.25) is 0 Å². The molecule has 0 aliphatic rings. The van der Waals surface area contributed by atoms with Gasteiger partial charge in [-0.25, -0.2) is 0 Å². The van der Waals surface area contributed by atoms with Crippen LogP contribution in [0.15, 0.2) is 6.07 Å². The van der Waals surface area contributed by atoms with Crippen molar-refractivity contribution >= 4 is 5.69 Å². The minimum absolute atomic E-state index is 0.0587. The SMILES string of the molecule is CC(C)(C)c1cc(N)c(C(C)(C)C)c(O)c1O. The molecule has 4 N–H and O–H groups in total. The molecule has 0 radical (unpaired) electrons. The summed E-state index contributed by atoms with van der Waals surface area (Å²) in [4.78, 5) is 0. The van der Waals surface area contributed by atoms with Crippen LogP contribution in [0.3, 0.4) is 0 Å². The Morgan fingerprint density at radius 2 is 1.35 bits per heavy atom. The molecule has 3 nitrogen and oxygen atoms in total. The van der Waals surface area contributed by atoms with E-state index in [-0.39, 0.29) is 22.3 Å². The lowest BCUT2D eigenvalue weighted by Gasteiger charge is -2.27. The summed E-state index contributed by atoms with van der Waals surface area (Å²) >= 11 is 0. The minimum Gasteiger partial charge on any atom is -0.504 e. The third-order valence-electron chi connectivity index (χ3n) is 2.86. The van der Waals surface area contributed by atoms with E-state index < -0.39 is 0 Å². The molecular formula is C14H23NO2. The summed E-state index contributed by atoms with van der Waals surface area (Å²) in [7, 11) is 0. The van der Waals surface area contributed by atoms with Crippen molar-refractivity contribution in [1.29, 1.82) is 0 Å². The van der Waals surface area contributed by atoms with Crippen molar-refractivity contribution < 1.29 is 10.2 Å². The van der Waals surface area contributed by atoms with Gasteiger partial charge in [0.15, 0.2) is 11.5 Å². The van der Waals surface area contributed by atoms with Gasteiger partial charge in [-0.2, -0.15) is 0 Å². The molecule has 0 saturated carbocycles. The summed E-state index contributed by atoms with van der Waals surface area (Å²) < 4.78 is 0. The predicted octanol–water partition coefficient (Wildman–Crippen LogP) is 3.28. The fourth-order valence-electron chi connectivity index (χ4n) is 2.04. The molecule has 96 valence electrons. The van der Waals surface area contributed by atoms with E-state index in [4.69, 9.17) is 5.73 Å². The number of nitrogen functional groups attached to an aromatic ring is 1. The van der Waals surface area contributed by atoms with E-state index in [1.807, 2.05) is 41.5 Å². The van der Waals surface area contributed by atoms with E-state index in [9.17, 15) is 10.2 Å². The zero-order valence-electron chi connectivity index (χ0n) is 11.5. The van der Waals surface area contributed by atoms with Crippen molar-refractivity contribution in [3.8, 4) is 11.5 Å². The Hall–Kier alpha value is -1.38. The van der Waals surface area contributed by atoms with Crippen LogP contribution in [0.2, 0.25) is 0 Å². The van der Waals surface area contributed by atoms with Crippen LogP contribution < -0.4 is 5.73 Å². The van der Waals surface area contributed by atoms with Gasteiger partial charge in [-0.1, -0.05) is 41.5 Å². The van der Waals surface area contributed by atoms with E-state index in [0.29, 0.717) is 16.8 Å². The predicted molar refractivity (Wildman–Crippen MR) is 71.6 cm³/mol. The summed E-state index contributed by atoms with van der Waals surface area (Å²) in [6, 6.07) is 1.76. The van der Waals surface area contributed by atoms with Gasteiger partial charge in [0, 0.05) is 16.8 Å². The largest absolute Gasteiger partial charge is 0.504 e. The standard InChI is InChI=1S/C14H23NO2/c1-13(2,3)8-7-9(15)10(14(4,5)6)12(17)11(8)16/h7,16-17H,15H2,1-6H3. The Kier molecular flexibility index (Phi) is 3.08. The Labute approximate surface area is 103 Å². The lowest BCUT2D eigenvalue weighted by atomic mass is 9.80. The molecule has 0 fully saturated rings. The molecule has 0 aliphatic heterocycles. The van der Waals surface area contributed by atoms with Crippen LogP contribution in [-0.2, 0) is 10.8 Å². The van der Waals surface area contributed by atoms with Gasteiger partial charge in [-0.05, 0) is 16.9 Å². The molecule has 0 unspecified atom stereocenters. The number of phenolic OH excluding ortho intramolecular Hbond substituents is 2. The molecule has 17 heavy (non-hydrogen) atoms. The highest BCUT2D eigenvalue weighted by molar-refractivity contribution is 5.66. The molecule has 0 aliphatic carbocycles. The van der Waals surface area contributed by atoms with Crippen molar-refractivity contribution in [1.82, 2.24) is 0 Å². The van der Waals surface area contributed by atoms with E-state index in [1.54, 1.807) is 6.07 Å². The number of nitrogens with two attached hydrogens (primary N) is 1. The smallest absolute Gasteiger partial charge is 0.163 e. The second-order valence-corrected chi connectivity index (χ2v) is 6.59. The first-order valence-corrected chi connectivity index (χ1v) is 5.81. The Balaban J connectivity index is 3.60. The van der Waals surface area contributed by atoms with E-state index >= 15 is 0 Å². The number of anilines is 1. The fraction of sp³-hybridized carbons (Fsp3) is 0.571. The number of rotatable bonds is 0. The van der Waals surface area contributed by atoms with Crippen LogP contribution in [0, 0.1) is 0 Å². The molecule has 0 heterocycles. The molecule has 0 bridgehead atoms. The van der Waals surface area contributed by atoms with Gasteiger partial charge in [0.1, 0.15) is 0 Å². The molecule has 0 aromatic heterocycles. The van der Waals surface area contributed by atoms with Gasteiger partial charge in [0.2, 0.25) is 0 Å². The highest BCUT2D eigenvalue weighted by Crippen LogP contribution is 2.46. The monoisotopic (exact) mass is 237 g/mol. The van der Waals surface area contributed by atoms with E-state index in [1.165, 1.54) is 0 Å². The third-order valence-corrected chi connectivity index (χ3v) is 2.86. The molecule has 1 aromatic carbocycles. The van der Waals surface area contributed by atoms with Crippen LogP contribution in [0.1, 0.15) is 52.7 Å². The topological polar surface area (TPSA) is 66.5 Å². The van der Waals surface area contributed by atoms with E-state index in [2.05, 4.69) is 0 Å². The first-order chi connectivity index (χ1) is 7.46. The minimum atomic E-state index is -0.304. The molecular weight excluding hydrogens is 214 g/mol. The highest BCUT2D eigenvalue weighted by Gasteiger charge is 2.28. The Morgan fingerprint density at radius 1 is 0.882 bits per heavy atom. The maximum Gasteiger partial charge on any atom is 0.163 e. The van der Waals surface area contributed by atoms with Crippen molar-refractivity contribution in [2.24, 2.45) is 0 Å². The van der Waals surface area contributed by atoms with Crippen LogP contribution in [0.25, 0.3) is 0 Å². The lowest BCUT2D eigenvalue weighted by Crippen LogP contribution is -2.18. The molecule has 1 rings (SSSR count). The normalized spacial score (nSPS) is 12.8. The summed E-state index contributed by atoms with van der Waals surface area (Å²) in [5, 5.41) is 20.2. The van der Waals surface area contributed by atoms with Gasteiger partial charge < -0.3 is 15.9 Å². The van der Waals surface area contributed by atoms with Crippen LogP contribution in [0.4, 0.5) is 5.69 Å². The van der Waals surface area contributed by atoms with Gasteiger partial charge >= 0.3 is 0 Å². The molecule has 0 amide bonds. The lowest BCUT2D eigenvalue weighted by molar-refractivity contribution is 0.377. The average molecular weight is 237 g/mol. The maximum atomic E-state index is 10.1. The molecule has 1 aromatic rings. The van der Waals surface area contributed by atoms with Crippen molar-refractivity contribution in [3.63, 3.8) is 0 Å². The average Bonchev–Trinajstić information content (AvgIpc) is 2.07. The molecule has 3 heteroatoms. The van der Waals surface area contributed by atoms with Crippen LogP contribution in [0.5, 0.6) is 11.5 Å². The highest BCUT2D eigenvalue weighted by atomic mass is 16.3. The summed E-state index contributed by atoms with van der Waals surface area (Å²) in [6.45, 7) is 11.8. The maximum absolute atomic E-state index is 10.1. The third kappa shape index (κ3) is 2.48. The molecule has 0 saturated heterocycles. The van der Waals surface area contributed by atoms with Crippen LogP contribution >= 0.6 is 0 Å². The van der Waals surface area contributed by atoms with Crippen molar-refractivity contribution in [2.45, 2.75) is 52.4 Å². The first kappa shape index (κ1) is 13.7. The number of phenols is 2. The number of hydrogen-bond acceptors (Lipinski definition) is 3. The first-order valence-electron chi connectivity index (χ1n) is 5.81. The van der Waals surface area contributed by atoms with Gasteiger partial charge in [-0.15, -0.1) is 0 Å². The number of aromatic hydroxyl groups is 2. The Morgan fingerprint density at radius 3 is 1.71 bits per heavy atom. The van der Waals surface area contributed by atoms with E-state index in [0.717, 1.165) is 0 Å². The summed E-state index contributed by atoms with van der Waals surface area (Å²) in [5.41, 5.74) is 7.23. The zero-order chi connectivity index (χ0) is 13.6. The number of hydrogen-bond donors (Lipinski definition) is 3. The van der Waals surface area contributed by atoms with Crippen molar-refractivity contribution in [3.05, 3.63) is 17.2 Å². The number of benzene rings is 1. The molecule has 0 spiro atoms. The van der Waals surface area contributed by atoms with Crippen molar-refractivity contribution in [2.75, 3.05) is 5.73 Å². The fourth-order valence-corrected chi connectivity index (χ4v) is 2.04. The summed E-state index contributed by atoms with van der Waals surface area (Å²) in [6.07, 6.45) is 0. The quantitative estimate of drug-likeness (QED) is 0.368. The zero-order valence-corrected chi connectivity index (χ0v) is 11.5. The second-order valence-electron chi connectivity index (χ2n) is 6.59. The van der Waals surface area contributed by atoms with Gasteiger partial charge in [0.25, 0.3) is 0 Å².